The number of hydrogen-bond acceptors (Lipinski definition) is 4. The van der Waals surface area contributed by atoms with Gasteiger partial charge in [-0.15, -0.1) is 0 Å². The highest BCUT2D eigenvalue weighted by Gasteiger charge is 2.14. The zero-order chi connectivity index (χ0) is 13.7. The van der Waals surface area contributed by atoms with E-state index in [2.05, 4.69) is 5.32 Å². The summed E-state index contributed by atoms with van der Waals surface area (Å²) in [5.41, 5.74) is 6.03. The van der Waals surface area contributed by atoms with Gasteiger partial charge in [0.15, 0.2) is 6.61 Å². The molecule has 0 aliphatic heterocycles. The number of ether oxygens (including phenoxy) is 1. The summed E-state index contributed by atoms with van der Waals surface area (Å²) in [5.74, 6) is -1.03. The van der Waals surface area contributed by atoms with E-state index in [-0.39, 0.29) is 29.8 Å². The maximum atomic E-state index is 11.7. The molecule has 0 spiro atoms. The molecule has 18 heavy (non-hydrogen) atoms. The van der Waals surface area contributed by atoms with Gasteiger partial charge in [0.25, 0.3) is 5.91 Å². The van der Waals surface area contributed by atoms with Crippen LogP contribution in [-0.2, 0) is 9.53 Å². The first-order chi connectivity index (χ1) is 8.40. The second-order valence-corrected chi connectivity index (χ2v) is 4.47. The molecule has 0 atom stereocenters. The van der Waals surface area contributed by atoms with E-state index >= 15 is 0 Å². The van der Waals surface area contributed by atoms with Crippen LogP contribution >= 0.6 is 11.6 Å². The van der Waals surface area contributed by atoms with E-state index in [1.807, 2.05) is 13.8 Å². The lowest BCUT2D eigenvalue weighted by molar-refractivity contribution is -0.124. The van der Waals surface area contributed by atoms with Crippen molar-refractivity contribution in [2.75, 3.05) is 12.3 Å². The van der Waals surface area contributed by atoms with E-state index in [1.54, 1.807) is 6.07 Å². The zero-order valence-electron chi connectivity index (χ0n) is 10.2. The first-order valence-corrected chi connectivity index (χ1v) is 5.79. The summed E-state index contributed by atoms with van der Waals surface area (Å²) in [7, 11) is 0. The van der Waals surface area contributed by atoms with Gasteiger partial charge in [-0.3, -0.25) is 4.79 Å². The van der Waals surface area contributed by atoms with Gasteiger partial charge in [-0.2, -0.15) is 0 Å². The molecule has 6 heteroatoms. The number of halogens is 1. The predicted octanol–water partition coefficient (Wildman–Crippen LogP) is 1.60. The van der Waals surface area contributed by atoms with Crippen molar-refractivity contribution in [3.63, 3.8) is 0 Å². The Balaban J connectivity index is 2.60. The molecule has 3 N–H and O–H groups in total. The van der Waals surface area contributed by atoms with Crippen molar-refractivity contribution in [2.45, 2.75) is 19.9 Å². The number of nitrogens with two attached hydrogens (primary N) is 1. The van der Waals surface area contributed by atoms with Gasteiger partial charge < -0.3 is 15.8 Å². The number of nitrogens with one attached hydrogen (secondary N) is 1. The summed E-state index contributed by atoms with van der Waals surface area (Å²) >= 11 is 5.75. The number of nitrogen functional groups attached to an aromatic ring is 1. The minimum absolute atomic E-state index is 0.00700. The van der Waals surface area contributed by atoms with Crippen LogP contribution in [0.4, 0.5) is 5.69 Å². The van der Waals surface area contributed by atoms with Crippen LogP contribution in [0, 0.1) is 0 Å². The normalized spacial score (nSPS) is 10.2. The van der Waals surface area contributed by atoms with E-state index < -0.39 is 5.97 Å². The highest BCUT2D eigenvalue weighted by atomic mass is 35.5. The molecule has 98 valence electrons. The van der Waals surface area contributed by atoms with Gasteiger partial charge in [0.05, 0.1) is 5.56 Å². The predicted molar refractivity (Wildman–Crippen MR) is 69.4 cm³/mol. The van der Waals surface area contributed by atoms with Gasteiger partial charge in [0.2, 0.25) is 0 Å². The Morgan fingerprint density at radius 2 is 2.11 bits per heavy atom. The molecule has 1 aromatic rings. The fourth-order valence-electron chi connectivity index (χ4n) is 1.28. The van der Waals surface area contributed by atoms with Crippen LogP contribution in [0.15, 0.2) is 18.2 Å². The number of rotatable bonds is 4. The third-order valence-electron chi connectivity index (χ3n) is 2.02. The topological polar surface area (TPSA) is 81.4 Å². The second-order valence-electron chi connectivity index (χ2n) is 4.03. The van der Waals surface area contributed by atoms with Crippen molar-refractivity contribution in [3.05, 3.63) is 28.8 Å². The molecule has 0 radical (unpaired) electrons. The molecular formula is C12H15ClN2O3. The Bertz CT molecular complexity index is 461. The molecule has 1 rings (SSSR count). The van der Waals surface area contributed by atoms with Gasteiger partial charge >= 0.3 is 5.97 Å². The zero-order valence-corrected chi connectivity index (χ0v) is 11.0. The fourth-order valence-corrected chi connectivity index (χ4v) is 1.45. The van der Waals surface area contributed by atoms with Gasteiger partial charge in [0.1, 0.15) is 0 Å². The average Bonchev–Trinajstić information content (AvgIpc) is 2.28. The lowest BCUT2D eigenvalue weighted by atomic mass is 10.2. The third kappa shape index (κ3) is 4.25. The van der Waals surface area contributed by atoms with E-state index in [4.69, 9.17) is 22.1 Å². The number of esters is 1. The molecule has 0 aliphatic rings. The van der Waals surface area contributed by atoms with E-state index in [0.29, 0.717) is 5.02 Å². The molecule has 0 bridgehead atoms. The van der Waals surface area contributed by atoms with Crippen molar-refractivity contribution < 1.29 is 14.3 Å². The Labute approximate surface area is 110 Å². The molecule has 0 saturated heterocycles. The number of carbonyl (C=O) groups excluding carboxylic acids is 2. The van der Waals surface area contributed by atoms with Crippen LogP contribution in [0.5, 0.6) is 0 Å². The van der Waals surface area contributed by atoms with Crippen LogP contribution in [-0.4, -0.2) is 24.5 Å². The van der Waals surface area contributed by atoms with Crippen LogP contribution in [0.2, 0.25) is 5.02 Å². The molecule has 0 aromatic heterocycles. The van der Waals surface area contributed by atoms with E-state index in [9.17, 15) is 9.59 Å². The number of amides is 1. The smallest absolute Gasteiger partial charge is 0.340 e. The first-order valence-electron chi connectivity index (χ1n) is 5.41. The summed E-state index contributed by atoms with van der Waals surface area (Å²) in [5, 5.41) is 2.98. The van der Waals surface area contributed by atoms with Crippen molar-refractivity contribution in [3.8, 4) is 0 Å². The number of anilines is 1. The number of hydrogen-bond donors (Lipinski definition) is 2. The quantitative estimate of drug-likeness (QED) is 0.643. The second kappa shape index (κ2) is 6.26. The Morgan fingerprint density at radius 3 is 2.72 bits per heavy atom. The molecule has 5 nitrogen and oxygen atoms in total. The summed E-state index contributed by atoms with van der Waals surface area (Å²) in [4.78, 5) is 23.0. The van der Waals surface area contributed by atoms with Crippen molar-refractivity contribution in [2.24, 2.45) is 0 Å². The summed E-state index contributed by atoms with van der Waals surface area (Å²) in [6, 6.07) is 4.47. The maximum Gasteiger partial charge on any atom is 0.340 e. The SMILES string of the molecule is CC(C)NC(=O)COC(=O)c1cc(Cl)ccc1N. The Hall–Kier alpha value is -1.75. The van der Waals surface area contributed by atoms with E-state index in [0.717, 1.165) is 0 Å². The first kappa shape index (κ1) is 14.3. The summed E-state index contributed by atoms with van der Waals surface area (Å²) in [6.45, 7) is 3.28. The molecular weight excluding hydrogens is 256 g/mol. The van der Waals surface area contributed by atoms with Crippen molar-refractivity contribution >= 4 is 29.2 Å². The highest BCUT2D eigenvalue weighted by molar-refractivity contribution is 6.31. The standard InChI is InChI=1S/C12H15ClN2O3/c1-7(2)15-11(16)6-18-12(17)9-5-8(13)3-4-10(9)14/h3-5,7H,6,14H2,1-2H3,(H,15,16). The average molecular weight is 271 g/mol. The van der Waals surface area contributed by atoms with Gasteiger partial charge in [-0.1, -0.05) is 11.6 Å². The van der Waals surface area contributed by atoms with Crippen LogP contribution in [0.1, 0.15) is 24.2 Å². The molecule has 0 fully saturated rings. The Kier molecular flexibility index (Phi) is 4.97. The lowest BCUT2D eigenvalue weighted by Gasteiger charge is -2.09. The minimum Gasteiger partial charge on any atom is -0.452 e. The van der Waals surface area contributed by atoms with Gasteiger partial charge in [-0.25, -0.2) is 4.79 Å². The largest absolute Gasteiger partial charge is 0.452 e. The highest BCUT2D eigenvalue weighted by Crippen LogP contribution is 2.18. The minimum atomic E-state index is -0.672. The summed E-state index contributed by atoms with van der Waals surface area (Å²) in [6.07, 6.45) is 0. The van der Waals surface area contributed by atoms with Crippen LogP contribution in [0.3, 0.4) is 0 Å². The molecule has 1 amide bonds. The Morgan fingerprint density at radius 1 is 1.44 bits per heavy atom. The molecule has 1 aromatic carbocycles. The number of benzene rings is 1. The summed E-state index contributed by atoms with van der Waals surface area (Å²) < 4.78 is 4.84. The van der Waals surface area contributed by atoms with Gasteiger partial charge in [0, 0.05) is 16.8 Å². The molecule has 0 aliphatic carbocycles. The lowest BCUT2D eigenvalue weighted by Crippen LogP contribution is -2.34. The number of carbonyl (C=O) groups is 2. The van der Waals surface area contributed by atoms with Gasteiger partial charge in [-0.05, 0) is 32.0 Å². The van der Waals surface area contributed by atoms with Crippen molar-refractivity contribution in [1.82, 2.24) is 5.32 Å². The molecule has 0 heterocycles. The van der Waals surface area contributed by atoms with Crippen molar-refractivity contribution in [1.29, 1.82) is 0 Å². The maximum absolute atomic E-state index is 11.7. The van der Waals surface area contributed by atoms with Crippen LogP contribution in [0.25, 0.3) is 0 Å². The fraction of sp³-hybridized carbons (Fsp3) is 0.333. The molecule has 0 unspecified atom stereocenters. The van der Waals surface area contributed by atoms with E-state index in [1.165, 1.54) is 12.1 Å². The third-order valence-corrected chi connectivity index (χ3v) is 2.25. The monoisotopic (exact) mass is 270 g/mol. The van der Waals surface area contributed by atoms with Crippen LogP contribution < -0.4 is 11.1 Å². The molecule has 0 saturated carbocycles.